The average molecular weight is 278 g/mol. The van der Waals surface area contributed by atoms with Gasteiger partial charge in [0.05, 0.1) is 0 Å². The van der Waals surface area contributed by atoms with Crippen molar-refractivity contribution in [2.75, 3.05) is 13.1 Å². The van der Waals surface area contributed by atoms with Gasteiger partial charge in [-0.1, -0.05) is 30.3 Å². The second-order valence-corrected chi connectivity index (χ2v) is 4.54. The van der Waals surface area contributed by atoms with Gasteiger partial charge in [0.15, 0.2) is 0 Å². The van der Waals surface area contributed by atoms with Crippen molar-refractivity contribution in [3.8, 4) is 0 Å². The van der Waals surface area contributed by atoms with Gasteiger partial charge in [-0.25, -0.2) is 9.59 Å². The summed E-state index contributed by atoms with van der Waals surface area (Å²) in [4.78, 5) is 24.7. The number of carboxylic acids is 1. The monoisotopic (exact) mass is 278 g/mol. The van der Waals surface area contributed by atoms with Crippen LogP contribution in [0.5, 0.6) is 0 Å². The van der Waals surface area contributed by atoms with Crippen LogP contribution in [-0.2, 0) is 11.2 Å². The van der Waals surface area contributed by atoms with E-state index in [1.807, 2.05) is 44.2 Å². The minimum absolute atomic E-state index is 0.324. The highest BCUT2D eigenvalue weighted by Crippen LogP contribution is 2.06. The predicted molar refractivity (Wildman–Crippen MR) is 77.6 cm³/mol. The van der Waals surface area contributed by atoms with Crippen LogP contribution in [0.2, 0.25) is 0 Å². The lowest BCUT2D eigenvalue weighted by molar-refractivity contribution is -0.139. The Morgan fingerprint density at radius 3 is 2.30 bits per heavy atom. The van der Waals surface area contributed by atoms with Crippen LogP contribution in [0.3, 0.4) is 0 Å². The van der Waals surface area contributed by atoms with Gasteiger partial charge in [-0.3, -0.25) is 0 Å². The van der Waals surface area contributed by atoms with Crippen LogP contribution in [0.1, 0.15) is 25.8 Å². The summed E-state index contributed by atoms with van der Waals surface area (Å²) in [5.41, 5.74) is 1.07. The smallest absolute Gasteiger partial charge is 0.326 e. The Kier molecular flexibility index (Phi) is 6.56. The van der Waals surface area contributed by atoms with E-state index < -0.39 is 12.0 Å². The van der Waals surface area contributed by atoms with E-state index in [1.165, 1.54) is 0 Å². The Morgan fingerprint density at radius 2 is 1.80 bits per heavy atom. The molecule has 2 N–H and O–H groups in total. The molecule has 1 aromatic rings. The third-order valence-electron chi connectivity index (χ3n) is 3.21. The maximum absolute atomic E-state index is 11.9. The van der Waals surface area contributed by atoms with E-state index in [4.69, 9.17) is 0 Å². The average Bonchev–Trinajstić information content (AvgIpc) is 2.45. The third-order valence-corrected chi connectivity index (χ3v) is 3.21. The third kappa shape index (κ3) is 4.91. The van der Waals surface area contributed by atoms with Crippen molar-refractivity contribution in [1.29, 1.82) is 0 Å². The number of carbonyl (C=O) groups excluding carboxylic acids is 1. The molecule has 5 nitrogen and oxygen atoms in total. The number of benzene rings is 1. The van der Waals surface area contributed by atoms with E-state index in [0.29, 0.717) is 25.9 Å². The van der Waals surface area contributed by atoms with Crippen LogP contribution in [0.15, 0.2) is 30.3 Å². The molecule has 0 aliphatic carbocycles. The summed E-state index contributed by atoms with van der Waals surface area (Å²) >= 11 is 0. The molecular weight excluding hydrogens is 256 g/mol. The van der Waals surface area contributed by atoms with E-state index in [0.717, 1.165) is 5.56 Å². The summed E-state index contributed by atoms with van der Waals surface area (Å²) in [6, 6.07) is 8.47. The van der Waals surface area contributed by atoms with Gasteiger partial charge in [-0.05, 0) is 32.3 Å². The molecule has 1 atom stereocenters. The second-order valence-electron chi connectivity index (χ2n) is 4.54. The molecule has 20 heavy (non-hydrogen) atoms. The highest BCUT2D eigenvalue weighted by molar-refractivity contribution is 5.82. The van der Waals surface area contributed by atoms with E-state index >= 15 is 0 Å². The van der Waals surface area contributed by atoms with Gasteiger partial charge in [-0.2, -0.15) is 0 Å². The summed E-state index contributed by atoms with van der Waals surface area (Å²) < 4.78 is 0. The van der Waals surface area contributed by atoms with Crippen LogP contribution in [0.25, 0.3) is 0 Å². The first kappa shape index (κ1) is 16.0. The van der Waals surface area contributed by atoms with E-state index in [9.17, 15) is 14.7 Å². The first-order valence-corrected chi connectivity index (χ1v) is 6.90. The van der Waals surface area contributed by atoms with Gasteiger partial charge in [0, 0.05) is 13.1 Å². The SMILES string of the molecule is CCN(CC)C(=O)N[C@@H](CCc1ccccc1)C(=O)O. The van der Waals surface area contributed by atoms with Crippen LogP contribution >= 0.6 is 0 Å². The van der Waals surface area contributed by atoms with Gasteiger partial charge in [0.25, 0.3) is 0 Å². The maximum atomic E-state index is 11.9. The Balaban J connectivity index is 2.57. The fraction of sp³-hybridized carbons (Fsp3) is 0.467. The van der Waals surface area contributed by atoms with Crippen molar-refractivity contribution in [1.82, 2.24) is 10.2 Å². The number of hydrogen-bond acceptors (Lipinski definition) is 2. The minimum Gasteiger partial charge on any atom is -0.480 e. The zero-order chi connectivity index (χ0) is 15.0. The van der Waals surface area contributed by atoms with Gasteiger partial charge < -0.3 is 15.3 Å². The molecule has 1 rings (SSSR count). The summed E-state index contributed by atoms with van der Waals surface area (Å²) in [6.07, 6.45) is 1.00. The van der Waals surface area contributed by atoms with Crippen LogP contribution in [0, 0.1) is 0 Å². The van der Waals surface area contributed by atoms with Crippen molar-refractivity contribution in [3.63, 3.8) is 0 Å². The van der Waals surface area contributed by atoms with E-state index in [-0.39, 0.29) is 6.03 Å². The van der Waals surface area contributed by atoms with E-state index in [1.54, 1.807) is 4.90 Å². The molecule has 0 saturated heterocycles. The Labute approximate surface area is 119 Å². The number of rotatable bonds is 7. The largest absolute Gasteiger partial charge is 0.480 e. The number of hydrogen-bond donors (Lipinski definition) is 2. The fourth-order valence-corrected chi connectivity index (χ4v) is 1.96. The Bertz CT molecular complexity index is 430. The molecule has 2 amide bonds. The number of nitrogens with one attached hydrogen (secondary N) is 1. The number of carboxylic acid groups (broad SMARTS) is 1. The van der Waals surface area contributed by atoms with Gasteiger partial charge in [0.2, 0.25) is 0 Å². The molecule has 0 unspecified atom stereocenters. The fourth-order valence-electron chi connectivity index (χ4n) is 1.96. The zero-order valence-corrected chi connectivity index (χ0v) is 12.0. The van der Waals surface area contributed by atoms with Crippen LogP contribution < -0.4 is 5.32 Å². The lowest BCUT2D eigenvalue weighted by atomic mass is 10.1. The lowest BCUT2D eigenvalue weighted by Gasteiger charge is -2.22. The molecule has 1 aromatic carbocycles. The second kappa shape index (κ2) is 8.19. The van der Waals surface area contributed by atoms with Crippen molar-refractivity contribution >= 4 is 12.0 Å². The first-order chi connectivity index (χ1) is 9.58. The lowest BCUT2D eigenvalue weighted by Crippen LogP contribution is -2.48. The number of aryl methyl sites for hydroxylation is 1. The van der Waals surface area contributed by atoms with Crippen LogP contribution in [0.4, 0.5) is 4.79 Å². The summed E-state index contributed by atoms with van der Waals surface area (Å²) in [5, 5.41) is 11.8. The summed E-state index contributed by atoms with van der Waals surface area (Å²) in [6.45, 7) is 4.85. The normalized spacial score (nSPS) is 11.7. The van der Waals surface area contributed by atoms with Gasteiger partial charge in [0.1, 0.15) is 6.04 Å². The quantitative estimate of drug-likeness (QED) is 0.802. The molecular formula is C15H22N2O3. The number of aliphatic carboxylic acids is 1. The molecule has 0 aliphatic heterocycles. The predicted octanol–water partition coefficient (Wildman–Crippen LogP) is 2.12. The first-order valence-electron chi connectivity index (χ1n) is 6.90. The van der Waals surface area contributed by atoms with Crippen LogP contribution in [-0.4, -0.2) is 41.1 Å². The summed E-state index contributed by atoms with van der Waals surface area (Å²) in [7, 11) is 0. The highest BCUT2D eigenvalue weighted by Gasteiger charge is 2.21. The number of urea groups is 1. The number of nitrogens with zero attached hydrogens (tertiary/aromatic N) is 1. The number of amides is 2. The molecule has 0 aliphatic rings. The van der Waals surface area contributed by atoms with E-state index in [2.05, 4.69) is 5.32 Å². The molecule has 0 radical (unpaired) electrons. The molecule has 0 saturated carbocycles. The summed E-state index contributed by atoms with van der Waals surface area (Å²) in [5.74, 6) is -0.999. The zero-order valence-electron chi connectivity index (χ0n) is 12.0. The molecule has 110 valence electrons. The Hall–Kier alpha value is -2.04. The highest BCUT2D eigenvalue weighted by atomic mass is 16.4. The molecule has 5 heteroatoms. The van der Waals surface area contributed by atoms with Crippen molar-refractivity contribution < 1.29 is 14.7 Å². The van der Waals surface area contributed by atoms with Crippen molar-refractivity contribution in [2.24, 2.45) is 0 Å². The van der Waals surface area contributed by atoms with Crippen molar-refractivity contribution in [3.05, 3.63) is 35.9 Å². The standard InChI is InChI=1S/C15H22N2O3/c1-3-17(4-2)15(20)16-13(14(18)19)11-10-12-8-6-5-7-9-12/h5-9,13H,3-4,10-11H2,1-2H3,(H,16,20)(H,18,19)/t13-/m0/s1. The molecule has 0 fully saturated rings. The Morgan fingerprint density at radius 1 is 1.20 bits per heavy atom. The maximum Gasteiger partial charge on any atom is 0.326 e. The molecule has 0 bridgehead atoms. The molecule has 0 heterocycles. The number of carbonyl (C=O) groups is 2. The minimum atomic E-state index is -0.999. The van der Waals surface area contributed by atoms with Gasteiger partial charge >= 0.3 is 12.0 Å². The topological polar surface area (TPSA) is 69.6 Å². The van der Waals surface area contributed by atoms with Gasteiger partial charge in [-0.15, -0.1) is 0 Å². The molecule has 0 aromatic heterocycles. The molecule has 0 spiro atoms. The van der Waals surface area contributed by atoms with Crippen molar-refractivity contribution in [2.45, 2.75) is 32.7 Å².